The Morgan fingerprint density at radius 3 is 2.79 bits per heavy atom. The van der Waals surface area contributed by atoms with Crippen LogP contribution in [0.3, 0.4) is 0 Å². The van der Waals surface area contributed by atoms with Gasteiger partial charge in [0.05, 0.1) is 6.10 Å². The van der Waals surface area contributed by atoms with Crippen molar-refractivity contribution in [2.45, 2.75) is 32.4 Å². The number of amides is 1. The van der Waals surface area contributed by atoms with Crippen LogP contribution in [-0.2, 0) is 11.3 Å². The molecule has 0 aromatic heterocycles. The van der Waals surface area contributed by atoms with Gasteiger partial charge in [0.15, 0.2) is 0 Å². The highest BCUT2D eigenvalue weighted by molar-refractivity contribution is 5.94. The number of hydrogen-bond donors (Lipinski definition) is 1. The number of carbonyl (C=O) groups excluding carboxylic acids is 1. The Morgan fingerprint density at radius 2 is 2.16 bits per heavy atom. The van der Waals surface area contributed by atoms with E-state index in [4.69, 9.17) is 10.5 Å². The Balaban J connectivity index is 2.01. The van der Waals surface area contributed by atoms with E-state index < -0.39 is 0 Å². The van der Waals surface area contributed by atoms with Gasteiger partial charge in [-0.3, -0.25) is 4.79 Å². The fourth-order valence-corrected chi connectivity index (χ4v) is 2.46. The fraction of sp³-hybridized carbons (Fsp3) is 0.533. The normalized spacial score (nSPS) is 19.5. The molecule has 2 rings (SSSR count). The summed E-state index contributed by atoms with van der Waals surface area (Å²) in [6.45, 7) is 4.72. The summed E-state index contributed by atoms with van der Waals surface area (Å²) < 4.78 is 5.63. The van der Waals surface area contributed by atoms with Gasteiger partial charge in [-0.05, 0) is 37.5 Å². The van der Waals surface area contributed by atoms with E-state index in [0.717, 1.165) is 30.5 Å². The van der Waals surface area contributed by atoms with Crippen molar-refractivity contribution in [3.8, 4) is 0 Å². The van der Waals surface area contributed by atoms with E-state index >= 15 is 0 Å². The zero-order valence-corrected chi connectivity index (χ0v) is 11.5. The first kappa shape index (κ1) is 14.0. The highest BCUT2D eigenvalue weighted by Crippen LogP contribution is 2.16. The fourth-order valence-electron chi connectivity index (χ4n) is 2.46. The molecule has 0 spiro atoms. The van der Waals surface area contributed by atoms with Crippen LogP contribution in [0.4, 0.5) is 0 Å². The van der Waals surface area contributed by atoms with E-state index in [2.05, 4.69) is 0 Å². The van der Waals surface area contributed by atoms with Gasteiger partial charge in [0.1, 0.15) is 0 Å². The van der Waals surface area contributed by atoms with Crippen molar-refractivity contribution in [3.05, 3.63) is 35.4 Å². The second kappa shape index (κ2) is 6.68. The number of likely N-dealkylation sites (tertiary alicyclic amines) is 1. The number of hydrogen-bond acceptors (Lipinski definition) is 3. The molecule has 2 N–H and O–H groups in total. The van der Waals surface area contributed by atoms with Crippen LogP contribution in [0.2, 0.25) is 0 Å². The number of benzene rings is 1. The summed E-state index contributed by atoms with van der Waals surface area (Å²) in [7, 11) is 0. The molecule has 0 radical (unpaired) electrons. The molecule has 4 nitrogen and oxygen atoms in total. The van der Waals surface area contributed by atoms with Gasteiger partial charge in [-0.2, -0.15) is 0 Å². The zero-order valence-electron chi connectivity index (χ0n) is 11.5. The van der Waals surface area contributed by atoms with E-state index in [-0.39, 0.29) is 12.0 Å². The summed E-state index contributed by atoms with van der Waals surface area (Å²) in [5.41, 5.74) is 7.33. The number of nitrogens with two attached hydrogens (primary N) is 1. The predicted octanol–water partition coefficient (Wildman–Crippen LogP) is 1.79. The van der Waals surface area contributed by atoms with Crippen molar-refractivity contribution in [1.82, 2.24) is 4.90 Å². The Morgan fingerprint density at radius 1 is 1.42 bits per heavy atom. The standard InChI is InChI=1S/C15H22N2O2/c1-2-19-14-4-3-9-17(11-14)15(18)13-7-5-12(10-16)6-8-13/h5-8,14H,2-4,9-11,16H2,1H3. The number of ether oxygens (including phenoxy) is 1. The number of piperidine rings is 1. The third-order valence-corrected chi connectivity index (χ3v) is 3.50. The molecule has 1 aromatic carbocycles. The molecule has 0 aliphatic carbocycles. The summed E-state index contributed by atoms with van der Waals surface area (Å²) in [5, 5.41) is 0. The van der Waals surface area contributed by atoms with Crippen LogP contribution >= 0.6 is 0 Å². The topological polar surface area (TPSA) is 55.6 Å². The molecule has 1 saturated heterocycles. The van der Waals surface area contributed by atoms with Gasteiger partial charge in [0.25, 0.3) is 5.91 Å². The molecule has 104 valence electrons. The van der Waals surface area contributed by atoms with Crippen LogP contribution in [-0.4, -0.2) is 36.6 Å². The van der Waals surface area contributed by atoms with Gasteiger partial charge in [-0.15, -0.1) is 0 Å². The SMILES string of the molecule is CCOC1CCCN(C(=O)c2ccc(CN)cc2)C1. The van der Waals surface area contributed by atoms with Crippen molar-refractivity contribution in [3.63, 3.8) is 0 Å². The molecule has 4 heteroatoms. The molecular formula is C15H22N2O2. The molecule has 1 heterocycles. The lowest BCUT2D eigenvalue weighted by atomic mass is 10.1. The molecule has 1 atom stereocenters. The summed E-state index contributed by atoms with van der Waals surface area (Å²) >= 11 is 0. The average molecular weight is 262 g/mol. The van der Waals surface area contributed by atoms with Crippen molar-refractivity contribution < 1.29 is 9.53 Å². The quantitative estimate of drug-likeness (QED) is 0.900. The number of rotatable bonds is 4. The smallest absolute Gasteiger partial charge is 0.253 e. The van der Waals surface area contributed by atoms with Crippen LogP contribution < -0.4 is 5.73 Å². The Labute approximate surface area is 114 Å². The maximum absolute atomic E-state index is 12.4. The van der Waals surface area contributed by atoms with Crippen LogP contribution in [0, 0.1) is 0 Å². The first-order valence-corrected chi connectivity index (χ1v) is 6.94. The Kier molecular flexibility index (Phi) is 4.93. The van der Waals surface area contributed by atoms with Gasteiger partial charge in [-0.1, -0.05) is 12.1 Å². The highest BCUT2D eigenvalue weighted by Gasteiger charge is 2.24. The number of carbonyl (C=O) groups is 1. The van der Waals surface area contributed by atoms with Crippen molar-refractivity contribution in [2.24, 2.45) is 5.73 Å². The third kappa shape index (κ3) is 3.55. The number of nitrogens with zero attached hydrogens (tertiary/aromatic N) is 1. The molecular weight excluding hydrogens is 240 g/mol. The van der Waals surface area contributed by atoms with Gasteiger partial charge < -0.3 is 15.4 Å². The zero-order chi connectivity index (χ0) is 13.7. The Bertz CT molecular complexity index is 415. The molecule has 1 fully saturated rings. The molecule has 19 heavy (non-hydrogen) atoms. The van der Waals surface area contributed by atoms with Gasteiger partial charge in [0.2, 0.25) is 0 Å². The summed E-state index contributed by atoms with van der Waals surface area (Å²) in [4.78, 5) is 14.3. The molecule has 0 bridgehead atoms. The van der Waals surface area contributed by atoms with E-state index in [9.17, 15) is 4.79 Å². The van der Waals surface area contributed by atoms with E-state index in [1.807, 2.05) is 36.1 Å². The average Bonchev–Trinajstić information content (AvgIpc) is 2.47. The maximum atomic E-state index is 12.4. The van der Waals surface area contributed by atoms with Crippen molar-refractivity contribution >= 4 is 5.91 Å². The van der Waals surface area contributed by atoms with Crippen LogP contribution in [0.5, 0.6) is 0 Å². The highest BCUT2D eigenvalue weighted by atomic mass is 16.5. The minimum absolute atomic E-state index is 0.0907. The van der Waals surface area contributed by atoms with E-state index in [1.165, 1.54) is 0 Å². The second-order valence-electron chi connectivity index (χ2n) is 4.87. The first-order valence-electron chi connectivity index (χ1n) is 6.94. The molecule has 0 saturated carbocycles. The summed E-state index contributed by atoms with van der Waals surface area (Å²) in [5.74, 6) is 0.0907. The van der Waals surface area contributed by atoms with E-state index in [0.29, 0.717) is 19.7 Å². The largest absolute Gasteiger partial charge is 0.377 e. The van der Waals surface area contributed by atoms with Crippen molar-refractivity contribution in [2.75, 3.05) is 19.7 Å². The van der Waals surface area contributed by atoms with Crippen LogP contribution in [0.25, 0.3) is 0 Å². The monoisotopic (exact) mass is 262 g/mol. The van der Waals surface area contributed by atoms with Gasteiger partial charge >= 0.3 is 0 Å². The van der Waals surface area contributed by atoms with E-state index in [1.54, 1.807) is 0 Å². The van der Waals surface area contributed by atoms with Crippen LogP contribution in [0.1, 0.15) is 35.7 Å². The molecule has 1 unspecified atom stereocenters. The van der Waals surface area contributed by atoms with Crippen LogP contribution in [0.15, 0.2) is 24.3 Å². The predicted molar refractivity (Wildman–Crippen MR) is 74.9 cm³/mol. The Hall–Kier alpha value is -1.39. The third-order valence-electron chi connectivity index (χ3n) is 3.50. The lowest BCUT2D eigenvalue weighted by molar-refractivity contribution is 0.00724. The van der Waals surface area contributed by atoms with Gasteiger partial charge in [0, 0.05) is 31.8 Å². The lowest BCUT2D eigenvalue weighted by Gasteiger charge is -2.32. The molecule has 1 amide bonds. The minimum atomic E-state index is 0.0907. The van der Waals surface area contributed by atoms with Crippen molar-refractivity contribution in [1.29, 1.82) is 0 Å². The summed E-state index contributed by atoms with van der Waals surface area (Å²) in [6, 6.07) is 7.54. The molecule has 1 aromatic rings. The molecule has 1 aliphatic heterocycles. The maximum Gasteiger partial charge on any atom is 0.253 e. The lowest BCUT2D eigenvalue weighted by Crippen LogP contribution is -2.43. The first-order chi connectivity index (χ1) is 9.24. The second-order valence-corrected chi connectivity index (χ2v) is 4.87. The minimum Gasteiger partial charge on any atom is -0.377 e. The summed E-state index contributed by atoms with van der Waals surface area (Å²) in [6.07, 6.45) is 2.24. The molecule has 1 aliphatic rings. The van der Waals surface area contributed by atoms with Gasteiger partial charge in [-0.25, -0.2) is 0 Å².